The third-order valence-electron chi connectivity index (χ3n) is 4.61. The number of hydrogen-bond donors (Lipinski definition) is 1. The number of rotatable bonds is 4. The molecular weight excluding hydrogens is 336 g/mol. The van der Waals surface area contributed by atoms with Crippen LogP contribution in [0.15, 0.2) is 59.1 Å². The lowest BCUT2D eigenvalue weighted by Crippen LogP contribution is -2.25. The van der Waals surface area contributed by atoms with E-state index in [9.17, 15) is 4.79 Å². The molecule has 1 saturated carbocycles. The average Bonchev–Trinajstić information content (AvgIpc) is 3.47. The van der Waals surface area contributed by atoms with E-state index in [0.29, 0.717) is 17.2 Å². The zero-order valence-corrected chi connectivity index (χ0v) is 15.2. The Hall–Kier alpha value is -3.32. The van der Waals surface area contributed by atoms with Crippen molar-refractivity contribution < 1.29 is 9.32 Å². The van der Waals surface area contributed by atoms with Gasteiger partial charge in [0.15, 0.2) is 0 Å². The van der Waals surface area contributed by atoms with Crippen LogP contribution in [0.5, 0.6) is 0 Å². The Morgan fingerprint density at radius 2 is 1.96 bits per heavy atom. The van der Waals surface area contributed by atoms with E-state index < -0.39 is 0 Å². The Balaban J connectivity index is 1.57. The highest BCUT2D eigenvalue weighted by Crippen LogP contribution is 2.27. The maximum Gasteiger partial charge on any atom is 0.251 e. The largest absolute Gasteiger partial charge is 0.360 e. The molecule has 0 atom stereocenters. The van der Waals surface area contributed by atoms with Crippen molar-refractivity contribution in [2.45, 2.75) is 19.8 Å². The predicted octanol–water partition coefficient (Wildman–Crippen LogP) is 4.19. The third kappa shape index (κ3) is 4.09. The lowest BCUT2D eigenvalue weighted by Gasteiger charge is -2.04. The number of aromatic nitrogens is 1. The minimum Gasteiger partial charge on any atom is -0.360 e. The van der Waals surface area contributed by atoms with Crippen LogP contribution in [0.25, 0.3) is 11.3 Å². The zero-order chi connectivity index (χ0) is 18.6. The highest BCUT2D eigenvalue weighted by Gasteiger charge is 2.21. The van der Waals surface area contributed by atoms with Crippen molar-refractivity contribution in [2.24, 2.45) is 5.92 Å². The summed E-state index contributed by atoms with van der Waals surface area (Å²) in [6.45, 7) is 2.61. The Kier molecular flexibility index (Phi) is 4.76. The highest BCUT2D eigenvalue weighted by atomic mass is 16.5. The zero-order valence-electron chi connectivity index (χ0n) is 15.2. The van der Waals surface area contributed by atoms with Crippen LogP contribution in [0.1, 0.15) is 40.1 Å². The van der Waals surface area contributed by atoms with Gasteiger partial charge in [0.2, 0.25) is 0 Å². The molecule has 1 aromatic heterocycles. The van der Waals surface area contributed by atoms with E-state index in [2.05, 4.69) is 22.3 Å². The third-order valence-corrected chi connectivity index (χ3v) is 4.61. The average molecular weight is 356 g/mol. The molecule has 0 aliphatic heterocycles. The minimum atomic E-state index is -0.0447. The number of amides is 1. The van der Waals surface area contributed by atoms with Crippen molar-refractivity contribution in [1.29, 1.82) is 0 Å². The van der Waals surface area contributed by atoms with Crippen molar-refractivity contribution in [3.05, 3.63) is 77.0 Å². The molecule has 27 heavy (non-hydrogen) atoms. The molecule has 3 aromatic rings. The lowest BCUT2D eigenvalue weighted by molar-refractivity contribution is 0.0952. The van der Waals surface area contributed by atoms with Gasteiger partial charge in [-0.3, -0.25) is 4.79 Å². The minimum absolute atomic E-state index is 0.0447. The van der Waals surface area contributed by atoms with Crippen LogP contribution in [-0.2, 0) is 0 Å². The molecule has 0 bridgehead atoms. The molecule has 1 aliphatic rings. The quantitative estimate of drug-likeness (QED) is 0.713. The summed E-state index contributed by atoms with van der Waals surface area (Å²) < 4.78 is 5.34. The Morgan fingerprint density at radius 1 is 1.15 bits per heavy atom. The van der Waals surface area contributed by atoms with Crippen molar-refractivity contribution in [3.63, 3.8) is 0 Å². The number of nitrogens with one attached hydrogen (secondary N) is 1. The molecule has 1 fully saturated rings. The summed E-state index contributed by atoms with van der Waals surface area (Å²) in [6, 6.07) is 17.2. The SMILES string of the molecule is Cc1onc(-c2ccccc2)c1C#Cc1cccc(C(=O)NCC2CC2)c1. The topological polar surface area (TPSA) is 55.1 Å². The summed E-state index contributed by atoms with van der Waals surface area (Å²) in [4.78, 5) is 12.3. The molecule has 0 spiro atoms. The smallest absolute Gasteiger partial charge is 0.251 e. The van der Waals surface area contributed by atoms with Gasteiger partial charge >= 0.3 is 0 Å². The summed E-state index contributed by atoms with van der Waals surface area (Å²) in [5.41, 5.74) is 3.89. The van der Waals surface area contributed by atoms with Crippen LogP contribution in [0.2, 0.25) is 0 Å². The van der Waals surface area contributed by atoms with E-state index in [4.69, 9.17) is 4.52 Å². The number of carbonyl (C=O) groups is 1. The van der Waals surface area contributed by atoms with Gasteiger partial charge in [-0.25, -0.2) is 0 Å². The molecule has 2 aromatic carbocycles. The second-order valence-corrected chi connectivity index (χ2v) is 6.81. The summed E-state index contributed by atoms with van der Waals surface area (Å²) in [7, 11) is 0. The van der Waals surface area contributed by atoms with Crippen molar-refractivity contribution >= 4 is 5.91 Å². The normalized spacial score (nSPS) is 12.9. The van der Waals surface area contributed by atoms with Gasteiger partial charge in [-0.1, -0.05) is 53.4 Å². The molecule has 0 saturated heterocycles. The van der Waals surface area contributed by atoms with Crippen LogP contribution < -0.4 is 5.32 Å². The number of carbonyl (C=O) groups excluding carboxylic acids is 1. The van der Waals surface area contributed by atoms with Crippen molar-refractivity contribution in [1.82, 2.24) is 10.5 Å². The molecule has 4 heteroatoms. The first-order valence-corrected chi connectivity index (χ1v) is 9.12. The van der Waals surface area contributed by atoms with E-state index >= 15 is 0 Å². The van der Waals surface area contributed by atoms with Crippen molar-refractivity contribution in [3.8, 4) is 23.1 Å². The number of aryl methyl sites for hydroxylation is 1. The van der Waals surface area contributed by atoms with E-state index in [0.717, 1.165) is 28.9 Å². The van der Waals surface area contributed by atoms with Gasteiger partial charge in [0, 0.05) is 23.2 Å². The fourth-order valence-corrected chi connectivity index (χ4v) is 2.85. The Bertz CT molecular complexity index is 1020. The predicted molar refractivity (Wildman–Crippen MR) is 104 cm³/mol. The van der Waals surface area contributed by atoms with Crippen LogP contribution >= 0.6 is 0 Å². The second-order valence-electron chi connectivity index (χ2n) is 6.81. The molecular formula is C23H20N2O2. The van der Waals surface area contributed by atoms with Gasteiger partial charge in [-0.05, 0) is 43.9 Å². The maximum atomic E-state index is 12.3. The molecule has 1 N–H and O–H groups in total. The van der Waals surface area contributed by atoms with E-state index in [1.165, 1.54) is 12.8 Å². The summed E-state index contributed by atoms with van der Waals surface area (Å²) >= 11 is 0. The molecule has 1 aliphatic carbocycles. The van der Waals surface area contributed by atoms with Crippen LogP contribution in [0.4, 0.5) is 0 Å². The fraction of sp³-hybridized carbons (Fsp3) is 0.217. The summed E-state index contributed by atoms with van der Waals surface area (Å²) in [5.74, 6) is 7.60. The maximum absolute atomic E-state index is 12.3. The first kappa shape index (κ1) is 17.1. The van der Waals surface area contributed by atoms with Crippen LogP contribution in [0.3, 0.4) is 0 Å². The number of hydrogen-bond acceptors (Lipinski definition) is 3. The van der Waals surface area contributed by atoms with Crippen molar-refractivity contribution in [2.75, 3.05) is 6.54 Å². The van der Waals surface area contributed by atoms with Gasteiger partial charge < -0.3 is 9.84 Å². The van der Waals surface area contributed by atoms with Gasteiger partial charge in [0.1, 0.15) is 11.5 Å². The Labute approximate surface area is 158 Å². The first-order chi connectivity index (χ1) is 13.2. The van der Waals surface area contributed by atoms with Gasteiger partial charge in [-0.2, -0.15) is 0 Å². The summed E-state index contributed by atoms with van der Waals surface area (Å²) in [5, 5.41) is 7.13. The standard InChI is InChI=1S/C23H20N2O2/c1-16-21(22(25-27-16)19-7-3-2-4-8-19)13-12-17-6-5-9-20(14-17)23(26)24-15-18-10-11-18/h2-9,14,18H,10-11,15H2,1H3,(H,24,26). The first-order valence-electron chi connectivity index (χ1n) is 9.12. The van der Waals surface area contributed by atoms with Gasteiger partial charge in [0.25, 0.3) is 5.91 Å². The van der Waals surface area contributed by atoms with Crippen LogP contribution in [0, 0.1) is 24.7 Å². The van der Waals surface area contributed by atoms with Crippen LogP contribution in [-0.4, -0.2) is 17.6 Å². The molecule has 1 heterocycles. The highest BCUT2D eigenvalue weighted by molar-refractivity contribution is 5.94. The monoisotopic (exact) mass is 356 g/mol. The van der Waals surface area contributed by atoms with E-state index in [-0.39, 0.29) is 5.91 Å². The van der Waals surface area contributed by atoms with Gasteiger partial charge in [-0.15, -0.1) is 0 Å². The second kappa shape index (κ2) is 7.51. The lowest BCUT2D eigenvalue weighted by atomic mass is 10.1. The molecule has 134 valence electrons. The number of benzene rings is 2. The molecule has 1 amide bonds. The summed E-state index contributed by atoms with van der Waals surface area (Å²) in [6.07, 6.45) is 2.43. The molecule has 4 rings (SSSR count). The number of nitrogens with zero attached hydrogens (tertiary/aromatic N) is 1. The molecule has 0 radical (unpaired) electrons. The fourth-order valence-electron chi connectivity index (χ4n) is 2.85. The molecule has 0 unspecified atom stereocenters. The van der Waals surface area contributed by atoms with E-state index in [1.807, 2.05) is 61.5 Å². The van der Waals surface area contributed by atoms with Gasteiger partial charge in [0.05, 0.1) is 5.56 Å². The van der Waals surface area contributed by atoms with E-state index in [1.54, 1.807) is 0 Å². The Morgan fingerprint density at radius 3 is 2.74 bits per heavy atom. The molecule has 4 nitrogen and oxygen atoms in total.